The van der Waals surface area contributed by atoms with Gasteiger partial charge in [0.15, 0.2) is 0 Å². The van der Waals surface area contributed by atoms with Crippen molar-refractivity contribution in [3.05, 3.63) is 96.1 Å². The van der Waals surface area contributed by atoms with Crippen LogP contribution in [0.5, 0.6) is 0 Å². The van der Waals surface area contributed by atoms with E-state index in [-0.39, 0.29) is 105 Å². The molecule has 12 nitrogen and oxygen atoms in total. The maximum absolute atomic E-state index is 6.52. The zero-order valence-electron chi connectivity index (χ0n) is 45.0. The Hall–Kier alpha value is -1.59. The van der Waals surface area contributed by atoms with Crippen molar-refractivity contribution in [1.82, 2.24) is 0 Å². The van der Waals surface area contributed by atoms with Gasteiger partial charge in [-0.2, -0.15) is 0 Å². The van der Waals surface area contributed by atoms with E-state index in [4.69, 9.17) is 57.0 Å². The maximum Gasteiger partial charge on any atom is 2.00 e. The van der Waals surface area contributed by atoms with Crippen molar-refractivity contribution in [3.63, 3.8) is 0 Å². The van der Waals surface area contributed by atoms with E-state index in [1.165, 1.54) is 11.1 Å². The molecule has 3 aromatic rings. The second-order valence-electron chi connectivity index (χ2n) is 21.8. The van der Waals surface area contributed by atoms with E-state index < -0.39 is 39.2 Å². The van der Waals surface area contributed by atoms with Gasteiger partial charge in [-0.3, -0.25) is 0 Å². The third-order valence-electron chi connectivity index (χ3n) is 10.3. The predicted molar refractivity (Wildman–Crippen MR) is 272 cm³/mol. The van der Waals surface area contributed by atoms with Crippen LogP contribution in [-0.2, 0) is 70.6 Å². The zero-order valence-corrected chi connectivity index (χ0v) is 51.9. The topological polar surface area (TPSA) is 123 Å². The molecule has 0 aliphatic carbocycles. The minimum Gasteiger partial charge on any atom is -1.00 e. The number of halogens is 4. The summed E-state index contributed by atoms with van der Waals surface area (Å²) in [6.07, 6.45) is 0. The van der Waals surface area contributed by atoms with Crippen LogP contribution in [0, 0.1) is 13.8 Å². The van der Waals surface area contributed by atoms with Gasteiger partial charge in [0.05, 0.1) is 22.2 Å². The molecule has 4 aliphatic heterocycles. The summed E-state index contributed by atoms with van der Waals surface area (Å²) < 4.78 is 49.5. The first-order chi connectivity index (χ1) is 30.4. The third kappa shape index (κ3) is 21.4. The van der Waals surface area contributed by atoms with Gasteiger partial charge in [0.25, 0.3) is 0 Å². The molecule has 0 saturated heterocycles. The second kappa shape index (κ2) is 28.7. The van der Waals surface area contributed by atoms with Gasteiger partial charge in [-0.05, 0) is 149 Å². The molecule has 0 saturated carbocycles. The number of benzene rings is 3. The third-order valence-corrected chi connectivity index (χ3v) is 14.3. The number of aliphatic imine (C=N–C) groups is 4. The van der Waals surface area contributed by atoms with Crippen LogP contribution >= 0.6 is 16.8 Å². The van der Waals surface area contributed by atoms with Gasteiger partial charge >= 0.3 is 33.6 Å². The van der Waals surface area contributed by atoms with E-state index in [2.05, 4.69) is 38.1 Å². The number of hydrogen-bond donors (Lipinski definition) is 0. The van der Waals surface area contributed by atoms with E-state index >= 15 is 0 Å². The molecule has 0 spiro atoms. The fourth-order valence-corrected chi connectivity index (χ4v) is 9.84. The van der Waals surface area contributed by atoms with E-state index in [1.807, 2.05) is 171 Å². The Labute approximate surface area is 479 Å². The Morgan fingerprint density at radius 2 is 0.569 bits per heavy atom. The van der Waals surface area contributed by atoms with Crippen molar-refractivity contribution in [1.29, 1.82) is 0 Å². The van der Waals surface area contributed by atoms with Crippen LogP contribution in [0.15, 0.2) is 105 Å². The minimum atomic E-state index is -1.45. The quantitative estimate of drug-likeness (QED) is 0.200. The largest absolute Gasteiger partial charge is 2.00 e. The molecular formula is C52H76Cl4Co2N4O8P2. The molecule has 72 heavy (non-hydrogen) atoms. The normalized spacial score (nSPS) is 17.8. The standard InChI is InChI=1S/2C22H33N2O4P.C8H10.4ClH.2Co/c2*1-19(2)14-25-17(23-19)21(5,6)27-29(16-12-10-9-11-13-16)28-22(7,8)18-24-20(3,4)15-26-18;1-7-3-5-8(2)6-4-7;;;;;;/h2*9-13H,14-15H2,1-8H3;3-6H,1-2H3;4*1H;;/q;;;;;;;2*+2/p-4. The van der Waals surface area contributed by atoms with Crippen LogP contribution in [0.25, 0.3) is 0 Å². The Morgan fingerprint density at radius 3 is 0.736 bits per heavy atom. The summed E-state index contributed by atoms with van der Waals surface area (Å²) >= 11 is 0. The fraction of sp³-hybridized carbons (Fsp3) is 0.577. The molecule has 4 aliphatic rings. The van der Waals surface area contributed by atoms with Crippen molar-refractivity contribution in [2.45, 2.75) is 169 Å². The van der Waals surface area contributed by atoms with Crippen molar-refractivity contribution < 1.29 is 120 Å². The van der Waals surface area contributed by atoms with Crippen LogP contribution in [0.2, 0.25) is 0 Å². The van der Waals surface area contributed by atoms with Crippen LogP contribution in [0.1, 0.15) is 122 Å². The first kappa shape index (κ1) is 72.5. The van der Waals surface area contributed by atoms with Crippen molar-refractivity contribution in [2.75, 3.05) is 26.4 Å². The molecule has 0 fully saturated rings. The van der Waals surface area contributed by atoms with E-state index in [1.54, 1.807) is 0 Å². The molecular weight excluding hydrogens is 1130 g/mol. The van der Waals surface area contributed by atoms with Gasteiger partial charge in [-0.1, -0.05) is 71.8 Å². The fourth-order valence-electron chi connectivity index (χ4n) is 6.54. The molecule has 0 unspecified atom stereocenters. The van der Waals surface area contributed by atoms with Crippen LogP contribution < -0.4 is 60.2 Å². The van der Waals surface area contributed by atoms with Crippen LogP contribution in [0.4, 0.5) is 0 Å². The zero-order chi connectivity index (χ0) is 49.0. The van der Waals surface area contributed by atoms with Crippen LogP contribution in [0.3, 0.4) is 0 Å². The second-order valence-corrected chi connectivity index (χ2v) is 24.6. The summed E-state index contributed by atoms with van der Waals surface area (Å²) in [4.78, 5) is 18.8. The summed E-state index contributed by atoms with van der Waals surface area (Å²) in [5.41, 5.74) is -1.26. The average molecular weight is 1210 g/mol. The van der Waals surface area contributed by atoms with Gasteiger partial charge in [0.2, 0.25) is 40.3 Å². The molecule has 0 N–H and O–H groups in total. The molecule has 0 bridgehead atoms. The summed E-state index contributed by atoms with van der Waals surface area (Å²) in [6, 6.07) is 28.4. The van der Waals surface area contributed by atoms with E-state index in [0.29, 0.717) is 50.0 Å². The molecule has 0 atom stereocenters. The molecule has 0 aromatic heterocycles. The number of ether oxygens (including phenoxy) is 4. The SMILES string of the molecule is CC1(C)COC(C(C)(C)OP(OC(C)(C)C2=NC(C)(C)CO2)c2ccccc2)=N1.CC1(C)COC(C(C)(C)OP(OC(C)(C)C2=NC(C)(C)CO2)c2ccccc2)=N1.Cc1ccc(C)cc1.[Cl-].[Cl-].[Cl-].[Cl-].[Co+2].[Co+2]. The monoisotopic (exact) mass is 1200 g/mol. The molecule has 408 valence electrons. The molecule has 4 heterocycles. The maximum atomic E-state index is 6.52. The average Bonchev–Trinajstić information content (AvgIpc) is 4.01. The molecule has 7 rings (SSSR count). The summed E-state index contributed by atoms with van der Waals surface area (Å²) in [6.45, 7) is 38.5. The molecule has 3 aromatic carbocycles. The molecule has 0 amide bonds. The van der Waals surface area contributed by atoms with Crippen molar-refractivity contribution >= 4 is 51.0 Å². The Balaban J connectivity index is 0. The first-order valence-corrected chi connectivity index (χ1v) is 25.2. The van der Waals surface area contributed by atoms with Crippen molar-refractivity contribution in [3.8, 4) is 0 Å². The number of rotatable bonds is 14. The summed E-state index contributed by atoms with van der Waals surface area (Å²) in [5, 5.41) is 1.94. The van der Waals surface area contributed by atoms with Crippen molar-refractivity contribution in [2.24, 2.45) is 20.0 Å². The van der Waals surface area contributed by atoms with Gasteiger partial charge in [-0.25, -0.2) is 20.0 Å². The Bertz CT molecular complexity index is 2000. The van der Waals surface area contributed by atoms with Gasteiger partial charge in [0, 0.05) is 10.6 Å². The number of nitrogens with zero attached hydrogens (tertiary/aromatic N) is 4. The predicted octanol–water partition coefficient (Wildman–Crippen LogP) is -0.428. The Morgan fingerprint density at radius 1 is 0.375 bits per heavy atom. The van der Waals surface area contributed by atoms with E-state index in [0.717, 1.165) is 10.6 Å². The molecule has 2 radical (unpaired) electrons. The summed E-state index contributed by atoms with van der Waals surface area (Å²) in [7, 11) is -2.89. The van der Waals surface area contributed by atoms with E-state index in [9.17, 15) is 0 Å². The Kier molecular flexibility index (Phi) is 28.9. The van der Waals surface area contributed by atoms with Gasteiger partial charge in [0.1, 0.15) is 48.8 Å². The van der Waals surface area contributed by atoms with Crippen LogP contribution in [-0.4, -0.2) is 94.6 Å². The summed E-state index contributed by atoms with van der Waals surface area (Å²) in [5.74, 6) is 2.40. The first-order valence-electron chi connectivity index (χ1n) is 22.8. The number of hydrogen-bond acceptors (Lipinski definition) is 12. The van der Waals surface area contributed by atoms with Gasteiger partial charge in [-0.15, -0.1) is 0 Å². The smallest absolute Gasteiger partial charge is 1.00 e. The minimum absolute atomic E-state index is 0. The van der Waals surface area contributed by atoms with Gasteiger partial charge < -0.3 is 86.7 Å². The number of aryl methyl sites for hydroxylation is 2. The molecule has 20 heteroatoms.